The number of esters is 1. The van der Waals surface area contributed by atoms with Crippen molar-refractivity contribution in [1.82, 2.24) is 4.90 Å². The monoisotopic (exact) mass is 189 g/mol. The van der Waals surface area contributed by atoms with Crippen LogP contribution in [0.25, 0.3) is 0 Å². The Bertz CT molecular complexity index is 148. The highest BCUT2D eigenvalue weighted by Crippen LogP contribution is 1.95. The molecule has 1 atom stereocenters. The maximum atomic E-state index is 10.8. The average molecular weight is 189 g/mol. The molecule has 0 fully saturated rings. The summed E-state index contributed by atoms with van der Waals surface area (Å²) in [5.41, 5.74) is 0. The molecule has 0 radical (unpaired) electrons. The average Bonchev–Trinajstić information content (AvgIpc) is 2.10. The second-order valence-corrected chi connectivity index (χ2v) is 3.27. The molecule has 0 spiro atoms. The third kappa shape index (κ3) is 7.74. The van der Waals surface area contributed by atoms with Gasteiger partial charge in [0.25, 0.3) is 0 Å². The number of carbonyl (C=O) groups excluding carboxylic acids is 1. The molecule has 13 heavy (non-hydrogen) atoms. The van der Waals surface area contributed by atoms with Crippen LogP contribution in [0, 0.1) is 0 Å². The molecular weight excluding hydrogens is 170 g/mol. The summed E-state index contributed by atoms with van der Waals surface area (Å²) >= 11 is 0. The quantitative estimate of drug-likeness (QED) is 0.609. The molecule has 0 aromatic rings. The molecule has 0 aromatic heterocycles. The van der Waals surface area contributed by atoms with Crippen molar-refractivity contribution in [2.75, 3.05) is 27.2 Å². The van der Waals surface area contributed by atoms with Gasteiger partial charge in [0, 0.05) is 13.1 Å². The summed E-state index contributed by atoms with van der Waals surface area (Å²) in [4.78, 5) is 12.8. The van der Waals surface area contributed by atoms with Crippen molar-refractivity contribution < 1.29 is 14.6 Å². The Kier molecular flexibility index (Phi) is 6.54. The minimum Gasteiger partial charge on any atom is -0.469 e. The molecule has 0 aromatic carbocycles. The van der Waals surface area contributed by atoms with E-state index in [0.717, 1.165) is 13.0 Å². The van der Waals surface area contributed by atoms with Crippen molar-refractivity contribution >= 4 is 5.97 Å². The summed E-state index contributed by atoms with van der Waals surface area (Å²) in [6, 6.07) is 0. The van der Waals surface area contributed by atoms with Crippen LogP contribution < -0.4 is 0 Å². The highest BCUT2D eigenvalue weighted by molar-refractivity contribution is 5.69. The Morgan fingerprint density at radius 3 is 2.62 bits per heavy atom. The number of carbonyl (C=O) groups is 1. The number of rotatable bonds is 6. The van der Waals surface area contributed by atoms with Crippen LogP contribution >= 0.6 is 0 Å². The molecule has 0 saturated carbocycles. The molecular formula is C9H19NO3. The largest absolute Gasteiger partial charge is 0.469 e. The van der Waals surface area contributed by atoms with Crippen molar-refractivity contribution in [3.05, 3.63) is 0 Å². The smallest absolute Gasteiger partial charge is 0.306 e. The zero-order chi connectivity index (χ0) is 10.3. The molecule has 0 amide bonds. The number of aliphatic hydroxyl groups is 1. The van der Waals surface area contributed by atoms with Crippen LogP contribution in [0.4, 0.5) is 0 Å². The highest BCUT2D eigenvalue weighted by Gasteiger charge is 2.04. The van der Waals surface area contributed by atoms with Crippen molar-refractivity contribution in [2.45, 2.75) is 25.9 Å². The standard InChI is InChI=1S/C9H19NO3/c1-8(11)4-6-10(2)7-5-9(12)13-3/h8,11H,4-7H2,1-3H3. The predicted octanol–water partition coefficient (Wildman–Crippen LogP) is 0.252. The van der Waals surface area contributed by atoms with E-state index < -0.39 is 0 Å². The van der Waals surface area contributed by atoms with Gasteiger partial charge in [-0.1, -0.05) is 0 Å². The summed E-state index contributed by atoms with van der Waals surface area (Å²) in [7, 11) is 3.31. The van der Waals surface area contributed by atoms with Gasteiger partial charge in [-0.3, -0.25) is 4.79 Å². The maximum absolute atomic E-state index is 10.8. The zero-order valence-corrected chi connectivity index (χ0v) is 8.62. The van der Waals surface area contributed by atoms with Crippen LogP contribution in [0.3, 0.4) is 0 Å². The first-order chi connectivity index (χ1) is 6.06. The second-order valence-electron chi connectivity index (χ2n) is 3.27. The molecule has 0 aliphatic heterocycles. The number of methoxy groups -OCH3 is 1. The minimum atomic E-state index is -0.277. The van der Waals surface area contributed by atoms with Crippen LogP contribution in [0.15, 0.2) is 0 Å². The Labute approximate surface area is 79.5 Å². The van der Waals surface area contributed by atoms with Gasteiger partial charge in [-0.2, -0.15) is 0 Å². The van der Waals surface area contributed by atoms with Gasteiger partial charge in [-0.15, -0.1) is 0 Å². The molecule has 1 unspecified atom stereocenters. The molecule has 78 valence electrons. The van der Waals surface area contributed by atoms with E-state index in [9.17, 15) is 4.79 Å². The third-order valence-corrected chi connectivity index (χ3v) is 1.85. The molecule has 0 aliphatic carbocycles. The molecule has 0 aliphatic rings. The first-order valence-electron chi connectivity index (χ1n) is 4.49. The van der Waals surface area contributed by atoms with Crippen LogP contribution in [0.2, 0.25) is 0 Å². The van der Waals surface area contributed by atoms with Crippen molar-refractivity contribution in [1.29, 1.82) is 0 Å². The van der Waals surface area contributed by atoms with Crippen LogP contribution in [0.5, 0.6) is 0 Å². The summed E-state index contributed by atoms with van der Waals surface area (Å²) in [6.07, 6.45) is 0.866. The number of hydrogen-bond acceptors (Lipinski definition) is 4. The lowest BCUT2D eigenvalue weighted by molar-refractivity contribution is -0.140. The molecule has 0 heterocycles. The lowest BCUT2D eigenvalue weighted by atomic mass is 10.2. The van der Waals surface area contributed by atoms with Crippen LogP contribution in [-0.4, -0.2) is 49.3 Å². The number of nitrogens with zero attached hydrogens (tertiary/aromatic N) is 1. The van der Waals surface area contributed by atoms with E-state index in [1.54, 1.807) is 6.92 Å². The van der Waals surface area contributed by atoms with Gasteiger partial charge in [-0.25, -0.2) is 0 Å². The lowest BCUT2D eigenvalue weighted by Crippen LogP contribution is -2.25. The predicted molar refractivity (Wildman–Crippen MR) is 50.4 cm³/mol. The van der Waals surface area contributed by atoms with Crippen molar-refractivity contribution in [2.24, 2.45) is 0 Å². The Morgan fingerprint density at radius 1 is 1.54 bits per heavy atom. The van der Waals surface area contributed by atoms with Gasteiger partial charge in [0.2, 0.25) is 0 Å². The topological polar surface area (TPSA) is 49.8 Å². The van der Waals surface area contributed by atoms with Gasteiger partial charge < -0.3 is 14.7 Å². The van der Waals surface area contributed by atoms with E-state index in [-0.39, 0.29) is 12.1 Å². The fraction of sp³-hybridized carbons (Fsp3) is 0.889. The molecule has 0 saturated heterocycles. The first kappa shape index (κ1) is 12.4. The van der Waals surface area contributed by atoms with Crippen LogP contribution in [0.1, 0.15) is 19.8 Å². The highest BCUT2D eigenvalue weighted by atomic mass is 16.5. The van der Waals surface area contributed by atoms with E-state index in [0.29, 0.717) is 13.0 Å². The van der Waals surface area contributed by atoms with E-state index in [1.807, 2.05) is 11.9 Å². The van der Waals surface area contributed by atoms with Gasteiger partial charge in [0.15, 0.2) is 0 Å². The number of ether oxygens (including phenoxy) is 1. The van der Waals surface area contributed by atoms with Crippen LogP contribution in [-0.2, 0) is 9.53 Å². The lowest BCUT2D eigenvalue weighted by Gasteiger charge is -2.16. The summed E-state index contributed by atoms with van der Waals surface area (Å²) in [5.74, 6) is -0.191. The Balaban J connectivity index is 3.40. The van der Waals surface area contributed by atoms with Gasteiger partial charge in [0.05, 0.1) is 19.6 Å². The van der Waals surface area contributed by atoms with Crippen molar-refractivity contribution in [3.8, 4) is 0 Å². The van der Waals surface area contributed by atoms with E-state index in [4.69, 9.17) is 5.11 Å². The summed E-state index contributed by atoms with van der Waals surface area (Å²) in [5, 5.41) is 9.01. The van der Waals surface area contributed by atoms with E-state index in [2.05, 4.69) is 4.74 Å². The number of hydrogen-bond donors (Lipinski definition) is 1. The minimum absolute atomic E-state index is 0.191. The van der Waals surface area contributed by atoms with E-state index in [1.165, 1.54) is 7.11 Å². The van der Waals surface area contributed by atoms with Crippen molar-refractivity contribution in [3.63, 3.8) is 0 Å². The number of aliphatic hydroxyl groups excluding tert-OH is 1. The zero-order valence-electron chi connectivity index (χ0n) is 8.62. The molecule has 0 rings (SSSR count). The SMILES string of the molecule is COC(=O)CCN(C)CCC(C)O. The molecule has 1 N–H and O–H groups in total. The van der Waals surface area contributed by atoms with Gasteiger partial charge in [-0.05, 0) is 20.4 Å². The van der Waals surface area contributed by atoms with Gasteiger partial charge in [0.1, 0.15) is 0 Å². The Morgan fingerprint density at radius 2 is 2.15 bits per heavy atom. The fourth-order valence-electron chi connectivity index (χ4n) is 0.903. The normalized spacial score (nSPS) is 13.0. The third-order valence-electron chi connectivity index (χ3n) is 1.85. The molecule has 4 nitrogen and oxygen atoms in total. The first-order valence-corrected chi connectivity index (χ1v) is 4.49. The molecule has 4 heteroatoms. The van der Waals surface area contributed by atoms with E-state index >= 15 is 0 Å². The summed E-state index contributed by atoms with van der Waals surface area (Å²) in [6.45, 7) is 3.24. The second kappa shape index (κ2) is 6.86. The summed E-state index contributed by atoms with van der Waals surface area (Å²) < 4.78 is 4.51. The maximum Gasteiger partial charge on any atom is 0.306 e. The Hall–Kier alpha value is -0.610. The van der Waals surface area contributed by atoms with Gasteiger partial charge >= 0.3 is 5.97 Å². The molecule has 0 bridgehead atoms. The fourth-order valence-corrected chi connectivity index (χ4v) is 0.903.